The standard InChI is InChI=1S/C23H21N5O3S/c1-16-25-19(15-32-16)11-12-24-22(29)13-18-14-27(20-5-3-2-4-6-20)26-23(18)17-7-9-21(10-8-17)28(30)31/h2-10,14-15H,11-13H2,1H3,(H,24,29). The first-order valence-corrected chi connectivity index (χ1v) is 10.9. The minimum Gasteiger partial charge on any atom is -0.355 e. The summed E-state index contributed by atoms with van der Waals surface area (Å²) < 4.78 is 1.72. The predicted octanol–water partition coefficient (Wildman–Crippen LogP) is 4.11. The highest BCUT2D eigenvalue weighted by atomic mass is 32.1. The van der Waals surface area contributed by atoms with E-state index in [-0.39, 0.29) is 18.0 Å². The van der Waals surface area contributed by atoms with Gasteiger partial charge in [0.05, 0.1) is 33.4 Å². The van der Waals surface area contributed by atoms with E-state index in [0.717, 1.165) is 22.0 Å². The Morgan fingerprint density at radius 1 is 1.16 bits per heavy atom. The molecule has 8 nitrogen and oxygen atoms in total. The number of carbonyl (C=O) groups is 1. The van der Waals surface area contributed by atoms with Gasteiger partial charge in [-0.1, -0.05) is 18.2 Å². The fourth-order valence-electron chi connectivity index (χ4n) is 3.32. The summed E-state index contributed by atoms with van der Waals surface area (Å²) in [6.07, 6.45) is 2.65. The van der Waals surface area contributed by atoms with Crippen LogP contribution in [0.25, 0.3) is 16.9 Å². The van der Waals surface area contributed by atoms with Gasteiger partial charge in [0.15, 0.2) is 0 Å². The maximum atomic E-state index is 12.6. The largest absolute Gasteiger partial charge is 0.355 e. The molecule has 0 bridgehead atoms. The molecule has 4 rings (SSSR count). The van der Waals surface area contributed by atoms with Crippen molar-refractivity contribution in [3.63, 3.8) is 0 Å². The maximum absolute atomic E-state index is 12.6. The number of aryl methyl sites for hydroxylation is 1. The van der Waals surface area contributed by atoms with Crippen LogP contribution in [0.15, 0.2) is 66.2 Å². The number of amides is 1. The number of hydrogen-bond donors (Lipinski definition) is 1. The smallest absolute Gasteiger partial charge is 0.269 e. The summed E-state index contributed by atoms with van der Waals surface area (Å²) in [7, 11) is 0. The van der Waals surface area contributed by atoms with E-state index in [2.05, 4.69) is 15.4 Å². The zero-order valence-corrected chi connectivity index (χ0v) is 18.2. The molecule has 0 radical (unpaired) electrons. The number of carbonyl (C=O) groups excluding carboxylic acids is 1. The Hall–Kier alpha value is -3.85. The molecule has 0 saturated carbocycles. The summed E-state index contributed by atoms with van der Waals surface area (Å²) in [6, 6.07) is 15.8. The molecule has 32 heavy (non-hydrogen) atoms. The molecular weight excluding hydrogens is 426 g/mol. The molecule has 2 aromatic carbocycles. The highest BCUT2D eigenvalue weighted by Gasteiger charge is 2.16. The summed E-state index contributed by atoms with van der Waals surface area (Å²) in [5.41, 5.74) is 3.91. The third-order valence-electron chi connectivity index (χ3n) is 4.88. The summed E-state index contributed by atoms with van der Waals surface area (Å²) in [5, 5.41) is 21.6. The van der Waals surface area contributed by atoms with Crippen LogP contribution >= 0.6 is 11.3 Å². The number of para-hydroxylation sites is 1. The van der Waals surface area contributed by atoms with E-state index in [1.807, 2.05) is 48.8 Å². The summed E-state index contributed by atoms with van der Waals surface area (Å²) in [5.74, 6) is -0.118. The lowest BCUT2D eigenvalue weighted by Crippen LogP contribution is -2.27. The third-order valence-corrected chi connectivity index (χ3v) is 5.71. The molecule has 9 heteroatoms. The molecule has 4 aromatic rings. The topological polar surface area (TPSA) is 103 Å². The van der Waals surface area contributed by atoms with Crippen LogP contribution in [0.5, 0.6) is 0 Å². The highest BCUT2D eigenvalue weighted by Crippen LogP contribution is 2.26. The molecule has 162 valence electrons. The quantitative estimate of drug-likeness (QED) is 0.323. The molecule has 1 amide bonds. The van der Waals surface area contributed by atoms with Crippen molar-refractivity contribution in [2.45, 2.75) is 19.8 Å². The first-order valence-electron chi connectivity index (χ1n) is 10.1. The first-order chi connectivity index (χ1) is 15.5. The van der Waals surface area contributed by atoms with Crippen molar-refractivity contribution in [1.29, 1.82) is 0 Å². The van der Waals surface area contributed by atoms with Crippen LogP contribution in [0.1, 0.15) is 16.3 Å². The zero-order chi connectivity index (χ0) is 22.5. The molecular formula is C23H21N5O3S. The van der Waals surface area contributed by atoms with Crippen LogP contribution in [0.2, 0.25) is 0 Å². The van der Waals surface area contributed by atoms with Crippen LogP contribution in [-0.4, -0.2) is 32.1 Å². The lowest BCUT2D eigenvalue weighted by molar-refractivity contribution is -0.384. The average molecular weight is 448 g/mol. The molecule has 0 aliphatic rings. The van der Waals surface area contributed by atoms with Crippen molar-refractivity contribution in [2.24, 2.45) is 0 Å². The van der Waals surface area contributed by atoms with E-state index in [9.17, 15) is 14.9 Å². The number of benzene rings is 2. The van der Waals surface area contributed by atoms with Crippen molar-refractivity contribution in [1.82, 2.24) is 20.1 Å². The molecule has 2 heterocycles. The predicted molar refractivity (Wildman–Crippen MR) is 123 cm³/mol. The van der Waals surface area contributed by atoms with Crippen molar-refractivity contribution in [2.75, 3.05) is 6.54 Å². The van der Waals surface area contributed by atoms with Gasteiger partial charge in [0.2, 0.25) is 5.91 Å². The van der Waals surface area contributed by atoms with Gasteiger partial charge in [0.1, 0.15) is 0 Å². The Labute approximate surface area is 188 Å². The fourth-order valence-corrected chi connectivity index (χ4v) is 3.97. The minimum absolute atomic E-state index is 0.00723. The lowest BCUT2D eigenvalue weighted by atomic mass is 10.1. The van der Waals surface area contributed by atoms with Crippen LogP contribution in [0, 0.1) is 17.0 Å². The van der Waals surface area contributed by atoms with Crippen LogP contribution in [0.3, 0.4) is 0 Å². The Kier molecular flexibility index (Phi) is 6.37. The van der Waals surface area contributed by atoms with E-state index in [0.29, 0.717) is 24.2 Å². The molecule has 0 saturated heterocycles. The number of rotatable bonds is 8. The normalized spacial score (nSPS) is 10.8. The second-order valence-corrected chi connectivity index (χ2v) is 8.28. The highest BCUT2D eigenvalue weighted by molar-refractivity contribution is 7.09. The van der Waals surface area contributed by atoms with Gasteiger partial charge in [0.25, 0.3) is 5.69 Å². The second-order valence-electron chi connectivity index (χ2n) is 7.22. The summed E-state index contributed by atoms with van der Waals surface area (Å²) >= 11 is 1.59. The molecule has 0 fully saturated rings. The zero-order valence-electron chi connectivity index (χ0n) is 17.4. The molecule has 0 aliphatic carbocycles. The maximum Gasteiger partial charge on any atom is 0.269 e. The monoisotopic (exact) mass is 447 g/mol. The van der Waals surface area contributed by atoms with Crippen molar-refractivity contribution in [3.8, 4) is 16.9 Å². The van der Waals surface area contributed by atoms with Gasteiger partial charge in [0, 0.05) is 47.8 Å². The SMILES string of the molecule is Cc1nc(CCNC(=O)Cc2cn(-c3ccccc3)nc2-c2ccc([N+](=O)[O-])cc2)cs1. The number of nitrogens with zero attached hydrogens (tertiary/aromatic N) is 4. The first kappa shape index (κ1) is 21.4. The van der Waals surface area contributed by atoms with Crippen molar-refractivity contribution < 1.29 is 9.72 Å². The van der Waals surface area contributed by atoms with Gasteiger partial charge in [-0.05, 0) is 31.2 Å². The molecule has 0 unspecified atom stereocenters. The number of hydrogen-bond acceptors (Lipinski definition) is 6. The number of thiazole rings is 1. The van der Waals surface area contributed by atoms with Gasteiger partial charge >= 0.3 is 0 Å². The van der Waals surface area contributed by atoms with Gasteiger partial charge in [-0.3, -0.25) is 14.9 Å². The summed E-state index contributed by atoms with van der Waals surface area (Å²) in [6.45, 7) is 2.46. The molecule has 0 aliphatic heterocycles. The van der Waals surface area contributed by atoms with E-state index in [1.165, 1.54) is 12.1 Å². The van der Waals surface area contributed by atoms with Gasteiger partial charge in [-0.25, -0.2) is 9.67 Å². The number of nitro benzene ring substituents is 1. The van der Waals surface area contributed by atoms with Gasteiger partial charge in [-0.15, -0.1) is 11.3 Å². The minimum atomic E-state index is -0.440. The fraction of sp³-hybridized carbons (Fsp3) is 0.174. The van der Waals surface area contributed by atoms with E-state index < -0.39 is 4.92 Å². The Balaban J connectivity index is 1.54. The van der Waals surface area contributed by atoms with Crippen molar-refractivity contribution >= 4 is 22.9 Å². The number of aromatic nitrogens is 3. The Morgan fingerprint density at radius 3 is 2.56 bits per heavy atom. The van der Waals surface area contributed by atoms with Gasteiger partial charge < -0.3 is 5.32 Å². The molecule has 0 spiro atoms. The summed E-state index contributed by atoms with van der Waals surface area (Å²) in [4.78, 5) is 27.6. The molecule has 0 atom stereocenters. The molecule has 1 N–H and O–H groups in total. The van der Waals surface area contributed by atoms with Gasteiger partial charge in [-0.2, -0.15) is 5.10 Å². The number of nitro groups is 1. The van der Waals surface area contributed by atoms with E-state index in [4.69, 9.17) is 0 Å². The number of nitrogens with one attached hydrogen (secondary N) is 1. The Bertz CT molecular complexity index is 1230. The van der Waals surface area contributed by atoms with Crippen LogP contribution in [-0.2, 0) is 17.6 Å². The lowest BCUT2D eigenvalue weighted by Gasteiger charge is -2.05. The second kappa shape index (κ2) is 9.52. The molecule has 2 aromatic heterocycles. The van der Waals surface area contributed by atoms with E-state index in [1.54, 1.807) is 28.2 Å². The van der Waals surface area contributed by atoms with Crippen molar-refractivity contribution in [3.05, 3.63) is 92.6 Å². The van der Waals surface area contributed by atoms with Crippen LogP contribution < -0.4 is 5.32 Å². The van der Waals surface area contributed by atoms with Crippen LogP contribution in [0.4, 0.5) is 5.69 Å². The number of non-ortho nitro benzene ring substituents is 1. The van der Waals surface area contributed by atoms with E-state index >= 15 is 0 Å². The third kappa shape index (κ3) is 5.06. The Morgan fingerprint density at radius 2 is 1.91 bits per heavy atom. The average Bonchev–Trinajstić information content (AvgIpc) is 3.40.